The highest BCUT2D eigenvalue weighted by Crippen LogP contribution is 2.16. The molecule has 2 heterocycles. The van der Waals surface area contributed by atoms with Crippen molar-refractivity contribution in [1.82, 2.24) is 9.38 Å². The summed E-state index contributed by atoms with van der Waals surface area (Å²) in [6.45, 7) is 1.93. The SMILES string of the molecule is Cc1ncn2cccc(CCC(=O)O)c12. The normalized spacial score (nSPS) is 10.7. The van der Waals surface area contributed by atoms with Crippen molar-refractivity contribution in [2.24, 2.45) is 0 Å². The molecule has 1 N–H and O–H groups in total. The van der Waals surface area contributed by atoms with Gasteiger partial charge in [-0.3, -0.25) is 4.79 Å². The molecule has 0 spiro atoms. The molecule has 4 heteroatoms. The Morgan fingerprint density at radius 3 is 3.13 bits per heavy atom. The van der Waals surface area contributed by atoms with Gasteiger partial charge in [-0.25, -0.2) is 4.98 Å². The summed E-state index contributed by atoms with van der Waals surface area (Å²) in [4.78, 5) is 14.7. The standard InChI is InChI=1S/C11H12N2O2/c1-8-11-9(4-5-10(14)15)3-2-6-13(11)7-12-8/h2-3,6-7H,4-5H2,1H3,(H,14,15). The van der Waals surface area contributed by atoms with E-state index < -0.39 is 5.97 Å². The molecular weight excluding hydrogens is 192 g/mol. The minimum Gasteiger partial charge on any atom is -0.481 e. The largest absolute Gasteiger partial charge is 0.481 e. The third kappa shape index (κ3) is 1.83. The van der Waals surface area contributed by atoms with E-state index in [1.807, 2.05) is 29.7 Å². The van der Waals surface area contributed by atoms with E-state index in [1.54, 1.807) is 6.33 Å². The molecule has 78 valence electrons. The van der Waals surface area contributed by atoms with Crippen molar-refractivity contribution < 1.29 is 9.90 Å². The Hall–Kier alpha value is -1.84. The van der Waals surface area contributed by atoms with Gasteiger partial charge in [0, 0.05) is 12.6 Å². The van der Waals surface area contributed by atoms with Crippen LogP contribution in [0, 0.1) is 6.92 Å². The average Bonchev–Trinajstić information content (AvgIpc) is 2.58. The number of aryl methyl sites for hydroxylation is 2. The molecule has 15 heavy (non-hydrogen) atoms. The molecule has 2 rings (SSSR count). The van der Waals surface area contributed by atoms with Crippen LogP contribution in [0.15, 0.2) is 24.7 Å². The molecule has 0 amide bonds. The average molecular weight is 204 g/mol. The lowest BCUT2D eigenvalue weighted by Gasteiger charge is -2.03. The maximum Gasteiger partial charge on any atom is 0.303 e. The number of nitrogens with zero attached hydrogens (tertiary/aromatic N) is 2. The van der Waals surface area contributed by atoms with E-state index in [1.165, 1.54) is 0 Å². The Morgan fingerprint density at radius 1 is 1.60 bits per heavy atom. The van der Waals surface area contributed by atoms with Gasteiger partial charge in [0.05, 0.1) is 17.5 Å². The third-order valence-corrected chi connectivity index (χ3v) is 2.43. The summed E-state index contributed by atoms with van der Waals surface area (Å²) in [7, 11) is 0. The predicted octanol–water partition coefficient (Wildman–Crippen LogP) is 1.66. The van der Waals surface area contributed by atoms with Gasteiger partial charge in [-0.05, 0) is 25.0 Å². The van der Waals surface area contributed by atoms with Crippen LogP contribution in [0.2, 0.25) is 0 Å². The van der Waals surface area contributed by atoms with Crippen LogP contribution < -0.4 is 0 Å². The quantitative estimate of drug-likeness (QED) is 0.827. The molecule has 0 fully saturated rings. The molecule has 0 saturated carbocycles. The van der Waals surface area contributed by atoms with Crippen LogP contribution in [0.1, 0.15) is 17.7 Å². The number of imidazole rings is 1. The topological polar surface area (TPSA) is 54.6 Å². The first-order chi connectivity index (χ1) is 7.18. The molecule has 0 aliphatic heterocycles. The number of carbonyl (C=O) groups is 1. The maximum absolute atomic E-state index is 10.5. The number of carboxylic acids is 1. The van der Waals surface area contributed by atoms with Gasteiger partial charge in [-0.15, -0.1) is 0 Å². The Kier molecular flexibility index (Phi) is 2.41. The van der Waals surface area contributed by atoms with Gasteiger partial charge < -0.3 is 9.51 Å². The second-order valence-corrected chi connectivity index (χ2v) is 3.51. The molecule has 4 nitrogen and oxygen atoms in total. The van der Waals surface area contributed by atoms with Gasteiger partial charge in [-0.2, -0.15) is 0 Å². The number of aromatic nitrogens is 2. The van der Waals surface area contributed by atoms with Crippen molar-refractivity contribution in [3.05, 3.63) is 35.9 Å². The highest BCUT2D eigenvalue weighted by Gasteiger charge is 2.06. The zero-order valence-corrected chi connectivity index (χ0v) is 8.47. The summed E-state index contributed by atoms with van der Waals surface area (Å²) in [6.07, 6.45) is 4.37. The van der Waals surface area contributed by atoms with Crippen LogP contribution >= 0.6 is 0 Å². The van der Waals surface area contributed by atoms with Crippen molar-refractivity contribution in [2.45, 2.75) is 19.8 Å². The maximum atomic E-state index is 10.5. The van der Waals surface area contributed by atoms with Crippen LogP contribution in [-0.2, 0) is 11.2 Å². The first-order valence-corrected chi connectivity index (χ1v) is 4.81. The summed E-state index contributed by atoms with van der Waals surface area (Å²) in [6, 6.07) is 3.86. The molecule has 0 aliphatic rings. The van der Waals surface area contributed by atoms with Gasteiger partial charge in [-0.1, -0.05) is 6.07 Å². The highest BCUT2D eigenvalue weighted by molar-refractivity contribution is 5.68. The highest BCUT2D eigenvalue weighted by atomic mass is 16.4. The lowest BCUT2D eigenvalue weighted by molar-refractivity contribution is -0.136. The minimum atomic E-state index is -0.769. The summed E-state index contributed by atoms with van der Waals surface area (Å²) in [5.74, 6) is -0.769. The van der Waals surface area contributed by atoms with E-state index >= 15 is 0 Å². The van der Waals surface area contributed by atoms with E-state index in [4.69, 9.17) is 5.11 Å². The molecule has 0 aromatic carbocycles. The van der Waals surface area contributed by atoms with E-state index in [-0.39, 0.29) is 6.42 Å². The zero-order chi connectivity index (χ0) is 10.8. The van der Waals surface area contributed by atoms with Crippen molar-refractivity contribution in [3.8, 4) is 0 Å². The van der Waals surface area contributed by atoms with Gasteiger partial charge in [0.25, 0.3) is 0 Å². The summed E-state index contributed by atoms with van der Waals surface area (Å²) in [5, 5.41) is 8.64. The monoisotopic (exact) mass is 204 g/mol. The molecule has 0 bridgehead atoms. The molecule has 0 unspecified atom stereocenters. The number of carboxylic acid groups (broad SMARTS) is 1. The van der Waals surface area contributed by atoms with Gasteiger partial charge in [0.1, 0.15) is 0 Å². The Bertz CT molecular complexity index is 502. The molecule has 2 aromatic rings. The van der Waals surface area contributed by atoms with Crippen LogP contribution in [0.5, 0.6) is 0 Å². The summed E-state index contributed by atoms with van der Waals surface area (Å²) in [5.41, 5.74) is 3.00. The molecule has 0 saturated heterocycles. The fourth-order valence-electron chi connectivity index (χ4n) is 1.74. The molecule has 0 aliphatic carbocycles. The Labute approximate surface area is 87.2 Å². The lowest BCUT2D eigenvalue weighted by atomic mass is 10.1. The van der Waals surface area contributed by atoms with Crippen LogP contribution in [-0.4, -0.2) is 20.5 Å². The molecular formula is C11H12N2O2. The fraction of sp³-hybridized carbons (Fsp3) is 0.273. The number of rotatable bonds is 3. The number of aliphatic carboxylic acids is 1. The number of hydrogen-bond donors (Lipinski definition) is 1. The number of fused-ring (bicyclic) bond motifs is 1. The number of pyridine rings is 1. The Balaban J connectivity index is 2.41. The van der Waals surface area contributed by atoms with E-state index in [2.05, 4.69) is 4.98 Å². The first-order valence-electron chi connectivity index (χ1n) is 4.81. The van der Waals surface area contributed by atoms with Crippen molar-refractivity contribution in [1.29, 1.82) is 0 Å². The van der Waals surface area contributed by atoms with Crippen molar-refractivity contribution in [2.75, 3.05) is 0 Å². The molecule has 2 aromatic heterocycles. The summed E-state index contributed by atoms with van der Waals surface area (Å²) < 4.78 is 1.92. The Morgan fingerprint density at radius 2 is 2.40 bits per heavy atom. The van der Waals surface area contributed by atoms with E-state index in [9.17, 15) is 4.79 Å². The number of hydrogen-bond acceptors (Lipinski definition) is 2. The summed E-state index contributed by atoms with van der Waals surface area (Å²) >= 11 is 0. The fourth-order valence-corrected chi connectivity index (χ4v) is 1.74. The third-order valence-electron chi connectivity index (χ3n) is 2.43. The van der Waals surface area contributed by atoms with Gasteiger partial charge in [0.2, 0.25) is 0 Å². The van der Waals surface area contributed by atoms with Gasteiger partial charge in [0.15, 0.2) is 0 Å². The second kappa shape index (κ2) is 3.73. The van der Waals surface area contributed by atoms with Crippen molar-refractivity contribution in [3.63, 3.8) is 0 Å². The second-order valence-electron chi connectivity index (χ2n) is 3.51. The van der Waals surface area contributed by atoms with Crippen LogP contribution in [0.4, 0.5) is 0 Å². The van der Waals surface area contributed by atoms with Gasteiger partial charge >= 0.3 is 5.97 Å². The van der Waals surface area contributed by atoms with Crippen LogP contribution in [0.25, 0.3) is 5.52 Å². The molecule has 0 radical (unpaired) electrons. The lowest BCUT2D eigenvalue weighted by Crippen LogP contribution is -1.99. The van der Waals surface area contributed by atoms with Crippen molar-refractivity contribution >= 4 is 11.5 Å². The van der Waals surface area contributed by atoms with E-state index in [0.29, 0.717) is 6.42 Å². The smallest absolute Gasteiger partial charge is 0.303 e. The zero-order valence-electron chi connectivity index (χ0n) is 8.47. The van der Waals surface area contributed by atoms with Crippen LogP contribution in [0.3, 0.4) is 0 Å². The molecule has 0 atom stereocenters. The first kappa shape index (κ1) is 9.71. The van der Waals surface area contributed by atoms with E-state index in [0.717, 1.165) is 16.8 Å². The predicted molar refractivity (Wildman–Crippen MR) is 55.9 cm³/mol. The minimum absolute atomic E-state index is 0.157.